The van der Waals surface area contributed by atoms with Gasteiger partial charge < -0.3 is 15.0 Å². The van der Waals surface area contributed by atoms with E-state index < -0.39 is 27.4 Å². The Hall–Kier alpha value is -2.62. The average molecular weight is 494 g/mol. The van der Waals surface area contributed by atoms with Gasteiger partial charge in [-0.05, 0) is 37.6 Å². The van der Waals surface area contributed by atoms with E-state index in [-0.39, 0.29) is 26.2 Å². The minimum absolute atomic E-state index is 0.109. The van der Waals surface area contributed by atoms with Crippen LogP contribution in [-0.4, -0.2) is 60.9 Å². The van der Waals surface area contributed by atoms with Gasteiger partial charge in [0.05, 0.1) is 26.0 Å². The number of rotatable bonds is 8. The van der Waals surface area contributed by atoms with E-state index in [0.717, 1.165) is 21.7 Å². The van der Waals surface area contributed by atoms with Crippen LogP contribution in [0.3, 0.4) is 0 Å². The molecule has 33 heavy (non-hydrogen) atoms. The van der Waals surface area contributed by atoms with Gasteiger partial charge in [-0.25, -0.2) is 8.42 Å². The van der Waals surface area contributed by atoms with Crippen LogP contribution in [0.15, 0.2) is 48.5 Å². The highest BCUT2D eigenvalue weighted by Crippen LogP contribution is 2.29. The Bertz CT molecular complexity index is 1120. The van der Waals surface area contributed by atoms with Crippen LogP contribution in [-0.2, 0) is 32.7 Å². The molecule has 1 unspecified atom stereocenters. The van der Waals surface area contributed by atoms with E-state index in [1.807, 2.05) is 25.1 Å². The van der Waals surface area contributed by atoms with Crippen LogP contribution in [0.2, 0.25) is 5.02 Å². The van der Waals surface area contributed by atoms with Gasteiger partial charge in [0, 0.05) is 23.7 Å². The number of carbonyl (C=O) groups is 2. The monoisotopic (exact) mass is 493 g/mol. The van der Waals surface area contributed by atoms with E-state index in [1.165, 1.54) is 4.90 Å². The zero-order chi connectivity index (χ0) is 24.2. The maximum absolute atomic E-state index is 13.4. The van der Waals surface area contributed by atoms with Crippen LogP contribution in [0.25, 0.3) is 0 Å². The van der Waals surface area contributed by atoms with E-state index in [2.05, 4.69) is 5.32 Å². The van der Waals surface area contributed by atoms with Crippen molar-refractivity contribution < 1.29 is 22.7 Å². The van der Waals surface area contributed by atoms with Crippen molar-refractivity contribution in [1.29, 1.82) is 0 Å². The second kappa shape index (κ2) is 10.1. The topological polar surface area (TPSA) is 96.0 Å². The number of piperazine rings is 1. The number of hydrogen-bond acceptors (Lipinski definition) is 5. The highest BCUT2D eigenvalue weighted by atomic mass is 35.5. The standard InChI is InChI=1S/C23H28ClN3O5S/c1-4-32-20-8-6-5-7-18(20)14-27-21(28)15-26(33(3,30)31)16-23(27,2)22(29)25-13-17-9-11-19(24)12-10-17/h5-12H,4,13-16H2,1-3H3,(H,25,29). The maximum Gasteiger partial charge on any atom is 0.247 e. The predicted octanol–water partition coefficient (Wildman–Crippen LogP) is 2.42. The smallest absolute Gasteiger partial charge is 0.247 e. The Balaban J connectivity index is 1.91. The molecule has 0 spiro atoms. The number of ether oxygens (including phenoxy) is 1. The summed E-state index contributed by atoms with van der Waals surface area (Å²) in [6.07, 6.45) is 1.03. The first-order valence-corrected chi connectivity index (χ1v) is 12.8. The molecule has 1 N–H and O–H groups in total. The minimum Gasteiger partial charge on any atom is -0.494 e. The van der Waals surface area contributed by atoms with Gasteiger partial charge in [-0.15, -0.1) is 0 Å². The van der Waals surface area contributed by atoms with Crippen LogP contribution < -0.4 is 10.1 Å². The molecule has 2 aromatic rings. The molecule has 0 bridgehead atoms. The molecular weight excluding hydrogens is 466 g/mol. The van der Waals surface area contributed by atoms with E-state index in [1.54, 1.807) is 37.3 Å². The molecule has 3 rings (SSSR count). The van der Waals surface area contributed by atoms with Crippen LogP contribution in [0.5, 0.6) is 5.75 Å². The third kappa shape index (κ3) is 5.85. The molecule has 0 aromatic heterocycles. The molecule has 1 atom stereocenters. The normalized spacial score (nSPS) is 19.4. The highest BCUT2D eigenvalue weighted by Gasteiger charge is 2.49. The molecule has 1 aliphatic heterocycles. The molecule has 8 nitrogen and oxygen atoms in total. The van der Waals surface area contributed by atoms with Crippen LogP contribution in [0.1, 0.15) is 25.0 Å². The number of nitrogens with one attached hydrogen (secondary N) is 1. The van der Waals surface area contributed by atoms with Crippen molar-refractivity contribution in [2.75, 3.05) is 26.0 Å². The summed E-state index contributed by atoms with van der Waals surface area (Å²) in [7, 11) is -3.68. The predicted molar refractivity (Wildman–Crippen MR) is 126 cm³/mol. The molecule has 1 aliphatic rings. The first-order valence-electron chi connectivity index (χ1n) is 10.5. The number of benzene rings is 2. The largest absolute Gasteiger partial charge is 0.494 e. The van der Waals surface area contributed by atoms with Gasteiger partial charge in [0.25, 0.3) is 0 Å². The van der Waals surface area contributed by atoms with Gasteiger partial charge in [0.1, 0.15) is 11.3 Å². The Morgan fingerprint density at radius 2 is 1.85 bits per heavy atom. The zero-order valence-electron chi connectivity index (χ0n) is 18.9. The summed E-state index contributed by atoms with van der Waals surface area (Å²) in [6, 6.07) is 14.3. The lowest BCUT2D eigenvalue weighted by atomic mass is 9.94. The van der Waals surface area contributed by atoms with E-state index in [4.69, 9.17) is 16.3 Å². The molecule has 178 valence electrons. The van der Waals surface area contributed by atoms with Crippen LogP contribution in [0, 0.1) is 0 Å². The Morgan fingerprint density at radius 3 is 2.48 bits per heavy atom. The van der Waals surface area contributed by atoms with E-state index in [9.17, 15) is 18.0 Å². The van der Waals surface area contributed by atoms with E-state index >= 15 is 0 Å². The molecule has 10 heteroatoms. The summed E-state index contributed by atoms with van der Waals surface area (Å²) in [5, 5.41) is 3.43. The first-order chi connectivity index (χ1) is 15.5. The van der Waals surface area contributed by atoms with Crippen molar-refractivity contribution in [1.82, 2.24) is 14.5 Å². The van der Waals surface area contributed by atoms with Crippen molar-refractivity contribution in [2.24, 2.45) is 0 Å². The van der Waals surface area contributed by atoms with Crippen molar-refractivity contribution in [3.05, 3.63) is 64.7 Å². The average Bonchev–Trinajstić information content (AvgIpc) is 2.76. The summed E-state index contributed by atoms with van der Waals surface area (Å²) in [4.78, 5) is 28.0. The van der Waals surface area contributed by atoms with Crippen molar-refractivity contribution in [2.45, 2.75) is 32.5 Å². The number of nitrogens with zero attached hydrogens (tertiary/aromatic N) is 2. The molecule has 1 fully saturated rings. The molecule has 1 heterocycles. The number of hydrogen-bond donors (Lipinski definition) is 1. The van der Waals surface area contributed by atoms with Crippen molar-refractivity contribution >= 4 is 33.4 Å². The Labute approximate surface area is 199 Å². The lowest BCUT2D eigenvalue weighted by Crippen LogP contribution is -2.69. The number of halogens is 1. The molecular formula is C23H28ClN3O5S. The quantitative estimate of drug-likeness (QED) is 0.609. The number of para-hydroxylation sites is 1. The molecule has 2 amide bonds. The van der Waals surface area contributed by atoms with Gasteiger partial charge in [-0.2, -0.15) is 4.31 Å². The Kier molecular flexibility index (Phi) is 7.66. The first kappa shape index (κ1) is 25.0. The molecule has 2 aromatic carbocycles. The minimum atomic E-state index is -3.68. The van der Waals surface area contributed by atoms with Crippen molar-refractivity contribution in [3.63, 3.8) is 0 Å². The fourth-order valence-electron chi connectivity index (χ4n) is 3.76. The fourth-order valence-corrected chi connectivity index (χ4v) is 4.72. The van der Waals surface area contributed by atoms with Gasteiger partial charge in [-0.1, -0.05) is 41.9 Å². The molecule has 0 radical (unpaired) electrons. The molecule has 0 saturated carbocycles. The maximum atomic E-state index is 13.4. The number of amides is 2. The highest BCUT2D eigenvalue weighted by molar-refractivity contribution is 7.88. The second-order valence-electron chi connectivity index (χ2n) is 8.13. The van der Waals surface area contributed by atoms with Crippen molar-refractivity contribution in [3.8, 4) is 5.75 Å². The molecule has 0 aliphatic carbocycles. The zero-order valence-corrected chi connectivity index (χ0v) is 20.4. The third-order valence-corrected chi connectivity index (χ3v) is 7.07. The van der Waals surface area contributed by atoms with Crippen LogP contribution in [0.4, 0.5) is 0 Å². The van der Waals surface area contributed by atoms with Gasteiger partial charge in [-0.3, -0.25) is 9.59 Å². The second-order valence-corrected chi connectivity index (χ2v) is 10.6. The number of sulfonamides is 1. The lowest BCUT2D eigenvalue weighted by molar-refractivity contribution is -0.153. The van der Waals surface area contributed by atoms with Gasteiger partial charge in [0.15, 0.2) is 0 Å². The Morgan fingerprint density at radius 1 is 1.18 bits per heavy atom. The summed E-state index contributed by atoms with van der Waals surface area (Å²) < 4.78 is 31.2. The van der Waals surface area contributed by atoms with Crippen LogP contribution >= 0.6 is 11.6 Å². The van der Waals surface area contributed by atoms with Gasteiger partial charge >= 0.3 is 0 Å². The summed E-state index contributed by atoms with van der Waals surface area (Å²) in [5.41, 5.74) is 0.133. The third-order valence-electron chi connectivity index (χ3n) is 5.62. The lowest BCUT2D eigenvalue weighted by Gasteiger charge is -2.46. The summed E-state index contributed by atoms with van der Waals surface area (Å²) in [6.45, 7) is 3.74. The van der Waals surface area contributed by atoms with E-state index in [0.29, 0.717) is 17.4 Å². The molecule has 1 saturated heterocycles. The van der Waals surface area contributed by atoms with Gasteiger partial charge in [0.2, 0.25) is 21.8 Å². The summed E-state index contributed by atoms with van der Waals surface area (Å²) >= 11 is 5.92. The summed E-state index contributed by atoms with van der Waals surface area (Å²) in [5.74, 6) is -0.294. The fraction of sp³-hybridized carbons (Fsp3) is 0.391. The SMILES string of the molecule is CCOc1ccccc1CN1C(=O)CN(S(C)(=O)=O)CC1(C)C(=O)NCc1ccc(Cl)cc1. The number of carbonyl (C=O) groups excluding carboxylic acids is 2.